The Morgan fingerprint density at radius 1 is 1.14 bits per heavy atom. The first-order chi connectivity index (χ1) is 13.7. The van der Waals surface area contributed by atoms with E-state index < -0.39 is 23.7 Å². The van der Waals surface area contributed by atoms with Crippen LogP contribution in [-0.2, 0) is 4.79 Å². The van der Waals surface area contributed by atoms with Gasteiger partial charge >= 0.3 is 11.8 Å². The fourth-order valence-electron chi connectivity index (χ4n) is 3.01. The molecule has 3 rings (SSSR count). The molecule has 2 amide bonds. The van der Waals surface area contributed by atoms with Crippen LogP contribution in [0.25, 0.3) is 0 Å². The van der Waals surface area contributed by atoms with Gasteiger partial charge in [-0.25, -0.2) is 4.99 Å². The molecule has 152 valence electrons. The van der Waals surface area contributed by atoms with Crippen LogP contribution in [0.4, 0.5) is 13.2 Å². The lowest BCUT2D eigenvalue weighted by Crippen LogP contribution is -2.63. The molecule has 1 N–H and O–H groups in total. The molecule has 2 aromatic rings. The van der Waals surface area contributed by atoms with Crippen LogP contribution in [0.3, 0.4) is 0 Å². The third kappa shape index (κ3) is 3.72. The Morgan fingerprint density at radius 3 is 2.34 bits per heavy atom. The van der Waals surface area contributed by atoms with E-state index >= 15 is 0 Å². The van der Waals surface area contributed by atoms with Crippen molar-refractivity contribution in [1.29, 1.82) is 0 Å². The zero-order chi connectivity index (χ0) is 21.2. The van der Waals surface area contributed by atoms with Gasteiger partial charge in [0.1, 0.15) is 5.84 Å². The minimum Gasteiger partial charge on any atom is -0.312 e. The van der Waals surface area contributed by atoms with Gasteiger partial charge in [-0.3, -0.25) is 14.5 Å². The van der Waals surface area contributed by atoms with E-state index in [2.05, 4.69) is 4.99 Å². The summed E-state index contributed by atoms with van der Waals surface area (Å²) in [7, 11) is 0. The average Bonchev–Trinajstić information content (AvgIpc) is 2.96. The number of nitrogens with one attached hydrogen (secondary N) is 1. The SMILES string of the molecule is CCCN1C(=O)[C@@](NC(=O)c2ccccc2Cl)(C(F)(F)F)N=C1c1ccccc1. The smallest absolute Gasteiger partial charge is 0.312 e. The molecule has 5 nitrogen and oxygen atoms in total. The number of hydrogen-bond donors (Lipinski definition) is 1. The third-order valence-electron chi connectivity index (χ3n) is 4.39. The van der Waals surface area contributed by atoms with Crippen LogP contribution in [0.5, 0.6) is 0 Å². The molecule has 1 aliphatic heterocycles. The summed E-state index contributed by atoms with van der Waals surface area (Å²) in [5.41, 5.74) is -3.27. The number of amides is 2. The van der Waals surface area contributed by atoms with Crippen LogP contribution >= 0.6 is 11.6 Å². The van der Waals surface area contributed by atoms with E-state index in [4.69, 9.17) is 11.6 Å². The molecule has 0 spiro atoms. The van der Waals surface area contributed by atoms with Crippen LogP contribution in [0.2, 0.25) is 5.02 Å². The van der Waals surface area contributed by atoms with Crippen molar-refractivity contribution >= 4 is 29.3 Å². The Labute approximate surface area is 170 Å². The van der Waals surface area contributed by atoms with Gasteiger partial charge < -0.3 is 5.32 Å². The molecule has 0 unspecified atom stereocenters. The van der Waals surface area contributed by atoms with Crippen molar-refractivity contribution in [2.75, 3.05) is 6.54 Å². The zero-order valence-corrected chi connectivity index (χ0v) is 16.1. The molecule has 0 bridgehead atoms. The Bertz CT molecular complexity index is 963. The molecule has 0 radical (unpaired) electrons. The van der Waals surface area contributed by atoms with Crippen LogP contribution in [0, 0.1) is 0 Å². The predicted octanol–water partition coefficient (Wildman–Crippen LogP) is 4.03. The van der Waals surface area contributed by atoms with Gasteiger partial charge in [-0.05, 0) is 18.6 Å². The van der Waals surface area contributed by atoms with Crippen molar-refractivity contribution < 1.29 is 22.8 Å². The largest absolute Gasteiger partial charge is 0.442 e. The Morgan fingerprint density at radius 2 is 1.76 bits per heavy atom. The lowest BCUT2D eigenvalue weighted by molar-refractivity contribution is -0.196. The van der Waals surface area contributed by atoms with Crippen LogP contribution in [-0.4, -0.2) is 40.9 Å². The van der Waals surface area contributed by atoms with Crippen molar-refractivity contribution in [3.05, 3.63) is 70.7 Å². The molecule has 0 saturated heterocycles. The van der Waals surface area contributed by atoms with E-state index in [1.54, 1.807) is 42.6 Å². The van der Waals surface area contributed by atoms with Gasteiger partial charge in [0, 0.05) is 12.1 Å². The van der Waals surface area contributed by atoms with Crippen molar-refractivity contribution in [3.8, 4) is 0 Å². The van der Waals surface area contributed by atoms with E-state index in [9.17, 15) is 22.8 Å². The van der Waals surface area contributed by atoms with Gasteiger partial charge in [0.2, 0.25) is 0 Å². The summed E-state index contributed by atoms with van der Waals surface area (Å²) >= 11 is 5.93. The second-order valence-corrected chi connectivity index (χ2v) is 6.81. The molecule has 2 aromatic carbocycles. The topological polar surface area (TPSA) is 61.8 Å². The molecule has 1 aliphatic rings. The second kappa shape index (κ2) is 7.87. The standard InChI is InChI=1S/C20H17ClF3N3O2/c1-2-12-27-16(13-8-4-3-5-9-13)25-19(18(27)29,20(22,23)24)26-17(28)14-10-6-7-11-15(14)21/h3-11H,2,12H2,1H3,(H,26,28)/t19-/m1/s1. The minimum atomic E-state index is -5.16. The Kier molecular flexibility index (Phi) is 5.66. The van der Waals surface area contributed by atoms with Gasteiger partial charge in [-0.15, -0.1) is 0 Å². The molecule has 0 fully saturated rings. The number of amidine groups is 1. The number of carbonyl (C=O) groups is 2. The van der Waals surface area contributed by atoms with E-state index in [0.29, 0.717) is 12.0 Å². The fourth-order valence-corrected chi connectivity index (χ4v) is 3.23. The molecular formula is C20H17ClF3N3O2. The molecule has 1 heterocycles. The number of halogens is 4. The highest BCUT2D eigenvalue weighted by molar-refractivity contribution is 6.34. The van der Waals surface area contributed by atoms with E-state index in [1.807, 2.05) is 0 Å². The maximum atomic E-state index is 14.1. The highest BCUT2D eigenvalue weighted by Gasteiger charge is 2.67. The molecule has 0 aromatic heterocycles. The Hall–Kier alpha value is -2.87. The van der Waals surface area contributed by atoms with Crippen molar-refractivity contribution in [2.24, 2.45) is 4.99 Å². The first-order valence-electron chi connectivity index (χ1n) is 8.82. The zero-order valence-electron chi connectivity index (χ0n) is 15.3. The van der Waals surface area contributed by atoms with Crippen LogP contribution in [0.15, 0.2) is 59.6 Å². The van der Waals surface area contributed by atoms with Gasteiger partial charge in [0.15, 0.2) is 0 Å². The highest BCUT2D eigenvalue weighted by atomic mass is 35.5. The first kappa shape index (κ1) is 20.9. The molecule has 9 heteroatoms. The number of nitrogens with zero attached hydrogens (tertiary/aromatic N) is 2. The number of carbonyl (C=O) groups excluding carboxylic acids is 2. The van der Waals surface area contributed by atoms with Crippen molar-refractivity contribution in [2.45, 2.75) is 25.2 Å². The monoisotopic (exact) mass is 423 g/mol. The van der Waals surface area contributed by atoms with E-state index in [0.717, 1.165) is 4.90 Å². The first-order valence-corrected chi connectivity index (χ1v) is 9.20. The summed E-state index contributed by atoms with van der Waals surface area (Å²) in [5, 5.41) is 1.76. The second-order valence-electron chi connectivity index (χ2n) is 6.40. The average molecular weight is 424 g/mol. The summed E-state index contributed by atoms with van der Waals surface area (Å²) in [6.45, 7) is 1.75. The third-order valence-corrected chi connectivity index (χ3v) is 4.72. The normalized spacial score (nSPS) is 19.3. The van der Waals surface area contributed by atoms with Gasteiger partial charge in [-0.2, -0.15) is 13.2 Å². The number of aliphatic imine (C=N–C) groups is 1. The molecule has 29 heavy (non-hydrogen) atoms. The van der Waals surface area contributed by atoms with Crippen molar-refractivity contribution in [3.63, 3.8) is 0 Å². The quantitative estimate of drug-likeness (QED) is 0.789. The van der Waals surface area contributed by atoms with E-state index in [-0.39, 0.29) is 23.0 Å². The van der Waals surface area contributed by atoms with Crippen LogP contribution < -0.4 is 5.32 Å². The summed E-state index contributed by atoms with van der Waals surface area (Å²) in [5.74, 6) is -2.64. The summed E-state index contributed by atoms with van der Waals surface area (Å²) < 4.78 is 42.4. The molecule has 0 aliphatic carbocycles. The molecule has 1 atom stereocenters. The van der Waals surface area contributed by atoms with Gasteiger partial charge in [0.25, 0.3) is 11.8 Å². The lowest BCUT2D eigenvalue weighted by atomic mass is 10.1. The van der Waals surface area contributed by atoms with E-state index in [1.165, 1.54) is 24.3 Å². The minimum absolute atomic E-state index is 0.0202. The Balaban J connectivity index is 2.11. The highest BCUT2D eigenvalue weighted by Crippen LogP contribution is 2.39. The lowest BCUT2D eigenvalue weighted by Gasteiger charge is -2.29. The summed E-state index contributed by atoms with van der Waals surface area (Å²) in [6, 6.07) is 13.7. The number of hydrogen-bond acceptors (Lipinski definition) is 3. The maximum Gasteiger partial charge on any atom is 0.442 e. The maximum absolute atomic E-state index is 14.1. The summed E-state index contributed by atoms with van der Waals surface area (Å²) in [4.78, 5) is 30.2. The number of rotatable bonds is 5. The predicted molar refractivity (Wildman–Crippen MR) is 103 cm³/mol. The van der Waals surface area contributed by atoms with Crippen molar-refractivity contribution in [1.82, 2.24) is 10.2 Å². The van der Waals surface area contributed by atoms with Gasteiger partial charge in [0.05, 0.1) is 10.6 Å². The molecule has 0 saturated carbocycles. The number of alkyl halides is 3. The molecular weight excluding hydrogens is 407 g/mol. The van der Waals surface area contributed by atoms with Crippen LogP contribution in [0.1, 0.15) is 29.3 Å². The summed E-state index contributed by atoms with van der Waals surface area (Å²) in [6.07, 6.45) is -4.76. The fraction of sp³-hybridized carbons (Fsp3) is 0.250. The number of benzene rings is 2. The van der Waals surface area contributed by atoms with Gasteiger partial charge in [-0.1, -0.05) is 61.0 Å².